The molecule has 2 unspecified atom stereocenters. The van der Waals surface area contributed by atoms with Gasteiger partial charge in [0.15, 0.2) is 0 Å². The van der Waals surface area contributed by atoms with Crippen LogP contribution >= 0.6 is 0 Å². The van der Waals surface area contributed by atoms with Crippen molar-refractivity contribution < 1.29 is 13.5 Å². The van der Waals surface area contributed by atoms with Crippen molar-refractivity contribution in [2.75, 3.05) is 13.2 Å². The lowest BCUT2D eigenvalue weighted by molar-refractivity contribution is 0.105. The van der Waals surface area contributed by atoms with Gasteiger partial charge in [0.1, 0.15) is 11.6 Å². The standard InChI is InChI=1S/C13H17F2NO/c1-9-11(2-3-17-9)8-16-7-10-4-12(14)6-13(15)5-10/h4-6,9,11,16H,2-3,7-8H2,1H3. The van der Waals surface area contributed by atoms with E-state index in [-0.39, 0.29) is 6.10 Å². The third-order valence-corrected chi connectivity index (χ3v) is 3.19. The fourth-order valence-electron chi connectivity index (χ4n) is 2.16. The van der Waals surface area contributed by atoms with Crippen molar-refractivity contribution in [1.82, 2.24) is 5.32 Å². The predicted octanol–water partition coefficient (Wildman–Crippen LogP) is 2.48. The predicted molar refractivity (Wildman–Crippen MR) is 61.6 cm³/mol. The van der Waals surface area contributed by atoms with Gasteiger partial charge in [-0.25, -0.2) is 8.78 Å². The molecule has 0 aromatic heterocycles. The van der Waals surface area contributed by atoms with Gasteiger partial charge in [0.2, 0.25) is 0 Å². The van der Waals surface area contributed by atoms with Gasteiger partial charge in [-0.2, -0.15) is 0 Å². The summed E-state index contributed by atoms with van der Waals surface area (Å²) in [6.45, 7) is 4.17. The minimum Gasteiger partial charge on any atom is -0.378 e. The lowest BCUT2D eigenvalue weighted by atomic mass is 10.0. The van der Waals surface area contributed by atoms with Gasteiger partial charge in [0.25, 0.3) is 0 Å². The van der Waals surface area contributed by atoms with E-state index in [9.17, 15) is 8.78 Å². The van der Waals surface area contributed by atoms with Crippen LogP contribution in [0.25, 0.3) is 0 Å². The van der Waals surface area contributed by atoms with Gasteiger partial charge in [-0.15, -0.1) is 0 Å². The van der Waals surface area contributed by atoms with Crippen LogP contribution < -0.4 is 5.32 Å². The Balaban J connectivity index is 1.81. The van der Waals surface area contributed by atoms with Crippen molar-refractivity contribution in [3.63, 3.8) is 0 Å². The molecule has 1 fully saturated rings. The summed E-state index contributed by atoms with van der Waals surface area (Å²) in [4.78, 5) is 0. The SMILES string of the molecule is CC1OCCC1CNCc1cc(F)cc(F)c1. The Morgan fingerprint density at radius 3 is 2.59 bits per heavy atom. The molecule has 1 aromatic rings. The Morgan fingerprint density at radius 1 is 1.29 bits per heavy atom. The molecule has 0 saturated carbocycles. The summed E-state index contributed by atoms with van der Waals surface area (Å²) in [5.74, 6) is -0.563. The summed E-state index contributed by atoms with van der Waals surface area (Å²) in [6, 6.07) is 3.59. The first-order chi connectivity index (χ1) is 8.15. The van der Waals surface area contributed by atoms with Crippen LogP contribution in [-0.2, 0) is 11.3 Å². The van der Waals surface area contributed by atoms with Crippen LogP contribution in [0.5, 0.6) is 0 Å². The molecule has 17 heavy (non-hydrogen) atoms. The van der Waals surface area contributed by atoms with Gasteiger partial charge < -0.3 is 10.1 Å². The van der Waals surface area contributed by atoms with Crippen LogP contribution in [0, 0.1) is 17.6 Å². The number of hydrogen-bond acceptors (Lipinski definition) is 2. The minimum atomic E-state index is -0.528. The van der Waals surface area contributed by atoms with Gasteiger partial charge in [0, 0.05) is 25.8 Å². The number of nitrogens with one attached hydrogen (secondary N) is 1. The van der Waals surface area contributed by atoms with E-state index in [1.165, 1.54) is 12.1 Å². The second kappa shape index (κ2) is 5.56. The number of halogens is 2. The van der Waals surface area contributed by atoms with Crippen LogP contribution in [0.3, 0.4) is 0 Å². The molecule has 4 heteroatoms. The molecule has 2 nitrogen and oxygen atoms in total. The highest BCUT2D eigenvalue weighted by atomic mass is 19.1. The van der Waals surface area contributed by atoms with Crippen molar-refractivity contribution in [1.29, 1.82) is 0 Å². The molecule has 2 rings (SSSR count). The van der Waals surface area contributed by atoms with E-state index < -0.39 is 11.6 Å². The molecular formula is C13H17F2NO. The van der Waals surface area contributed by atoms with Crippen molar-refractivity contribution >= 4 is 0 Å². The number of benzene rings is 1. The van der Waals surface area contributed by atoms with Crippen LogP contribution in [0.1, 0.15) is 18.9 Å². The second-order valence-electron chi connectivity index (χ2n) is 4.53. The van der Waals surface area contributed by atoms with Crippen LogP contribution in [0.15, 0.2) is 18.2 Å². The van der Waals surface area contributed by atoms with Gasteiger partial charge >= 0.3 is 0 Å². The summed E-state index contributed by atoms with van der Waals surface area (Å²) < 4.78 is 31.3. The van der Waals surface area contributed by atoms with Crippen molar-refractivity contribution in [3.8, 4) is 0 Å². The molecule has 1 heterocycles. The third kappa shape index (κ3) is 3.48. The molecule has 2 atom stereocenters. The average molecular weight is 241 g/mol. The molecule has 0 bridgehead atoms. The molecule has 0 aliphatic carbocycles. The fraction of sp³-hybridized carbons (Fsp3) is 0.538. The molecule has 0 amide bonds. The van der Waals surface area contributed by atoms with Crippen molar-refractivity contribution in [2.24, 2.45) is 5.92 Å². The number of ether oxygens (including phenoxy) is 1. The van der Waals surface area contributed by atoms with E-state index >= 15 is 0 Å². The lowest BCUT2D eigenvalue weighted by Gasteiger charge is -2.14. The molecule has 0 spiro atoms. The first kappa shape index (κ1) is 12.5. The highest BCUT2D eigenvalue weighted by Crippen LogP contribution is 2.19. The molecule has 1 saturated heterocycles. The molecule has 1 aromatic carbocycles. The average Bonchev–Trinajstić information content (AvgIpc) is 2.63. The maximum atomic E-state index is 12.9. The fourth-order valence-corrected chi connectivity index (χ4v) is 2.16. The van der Waals surface area contributed by atoms with Crippen molar-refractivity contribution in [2.45, 2.75) is 26.0 Å². The first-order valence-corrected chi connectivity index (χ1v) is 5.92. The second-order valence-corrected chi connectivity index (χ2v) is 4.53. The van der Waals surface area contributed by atoms with E-state index in [0.717, 1.165) is 25.6 Å². The van der Waals surface area contributed by atoms with Crippen LogP contribution in [-0.4, -0.2) is 19.3 Å². The van der Waals surface area contributed by atoms with E-state index in [0.29, 0.717) is 18.0 Å². The van der Waals surface area contributed by atoms with Gasteiger partial charge in [-0.05, 0) is 37.0 Å². The Morgan fingerprint density at radius 2 is 2.00 bits per heavy atom. The van der Waals surface area contributed by atoms with Gasteiger partial charge in [0.05, 0.1) is 6.10 Å². The quantitative estimate of drug-likeness (QED) is 0.874. The summed E-state index contributed by atoms with van der Waals surface area (Å²) in [5.41, 5.74) is 0.633. The Labute approximate surface area is 100.0 Å². The lowest BCUT2D eigenvalue weighted by Crippen LogP contribution is -2.26. The Hall–Kier alpha value is -1.00. The maximum absolute atomic E-state index is 12.9. The third-order valence-electron chi connectivity index (χ3n) is 3.19. The Kier molecular flexibility index (Phi) is 4.07. The number of hydrogen-bond donors (Lipinski definition) is 1. The van der Waals surface area contributed by atoms with E-state index in [4.69, 9.17) is 4.74 Å². The van der Waals surface area contributed by atoms with Crippen LogP contribution in [0.2, 0.25) is 0 Å². The van der Waals surface area contributed by atoms with Gasteiger partial charge in [-0.3, -0.25) is 0 Å². The summed E-state index contributed by atoms with van der Waals surface area (Å²) in [6.07, 6.45) is 1.32. The molecule has 1 aliphatic heterocycles. The zero-order valence-corrected chi connectivity index (χ0v) is 9.88. The highest BCUT2D eigenvalue weighted by molar-refractivity contribution is 5.17. The van der Waals surface area contributed by atoms with Gasteiger partial charge in [-0.1, -0.05) is 0 Å². The molecule has 0 radical (unpaired) electrons. The molecular weight excluding hydrogens is 224 g/mol. The van der Waals surface area contributed by atoms with E-state index in [1.807, 2.05) is 0 Å². The highest BCUT2D eigenvalue weighted by Gasteiger charge is 2.23. The van der Waals surface area contributed by atoms with Crippen molar-refractivity contribution in [3.05, 3.63) is 35.4 Å². The Bertz CT molecular complexity index is 363. The zero-order chi connectivity index (χ0) is 12.3. The normalized spacial score (nSPS) is 24.2. The monoisotopic (exact) mass is 241 g/mol. The topological polar surface area (TPSA) is 21.3 Å². The summed E-state index contributed by atoms with van der Waals surface area (Å²) in [5, 5.41) is 3.22. The summed E-state index contributed by atoms with van der Waals surface area (Å²) >= 11 is 0. The smallest absolute Gasteiger partial charge is 0.126 e. The van der Waals surface area contributed by atoms with Crippen LogP contribution in [0.4, 0.5) is 8.78 Å². The zero-order valence-electron chi connectivity index (χ0n) is 9.88. The summed E-state index contributed by atoms with van der Waals surface area (Å²) in [7, 11) is 0. The minimum absolute atomic E-state index is 0.270. The molecule has 1 N–H and O–H groups in total. The largest absolute Gasteiger partial charge is 0.378 e. The van der Waals surface area contributed by atoms with E-state index in [2.05, 4.69) is 12.2 Å². The first-order valence-electron chi connectivity index (χ1n) is 5.92. The maximum Gasteiger partial charge on any atom is 0.126 e. The number of rotatable bonds is 4. The molecule has 94 valence electrons. The van der Waals surface area contributed by atoms with E-state index in [1.54, 1.807) is 0 Å². The molecule has 1 aliphatic rings.